The second-order valence-corrected chi connectivity index (χ2v) is 18.5. The Labute approximate surface area is 409 Å². The third-order valence-corrected chi connectivity index (χ3v) is 10.2. The molecule has 0 amide bonds. The van der Waals surface area contributed by atoms with Crippen molar-refractivity contribution in [2.75, 3.05) is 20.8 Å². The number of ether oxygens (including phenoxy) is 3. The van der Waals surface area contributed by atoms with Crippen LogP contribution in [0.15, 0.2) is 36.5 Å². The van der Waals surface area contributed by atoms with E-state index in [0.29, 0.717) is 56.0 Å². The van der Waals surface area contributed by atoms with Crippen LogP contribution in [0, 0.1) is 24.6 Å². The van der Waals surface area contributed by atoms with E-state index < -0.39 is 24.1 Å². The van der Waals surface area contributed by atoms with Crippen LogP contribution in [0.2, 0.25) is 0 Å². The average molecular weight is 994 g/mol. The molecule has 1 aromatic carbocycles. The van der Waals surface area contributed by atoms with Gasteiger partial charge in [-0.2, -0.15) is 13.2 Å². The Bertz CT molecular complexity index is 1660. The molecule has 1 heterocycles. The zero-order chi connectivity index (χ0) is 54.0. The summed E-state index contributed by atoms with van der Waals surface area (Å²) in [5.41, 5.74) is 2.43. The van der Waals surface area contributed by atoms with Gasteiger partial charge in [0.25, 0.3) is 0 Å². The van der Waals surface area contributed by atoms with E-state index in [-0.39, 0.29) is 66.7 Å². The SMILES string of the molecule is CC(=O)CC1CC(F)(F)C1.CC(=O)CCC(C)(C)O.CC(=O)CCCC(F)(F)F.CC(=O)CCCOC(C)C.CCc1c(C)cccc1F.CCc1ccc(OC)nc1.COC1CC(CC(C)=O)C1. The molecule has 2 aliphatic carbocycles. The van der Waals surface area contributed by atoms with Crippen LogP contribution < -0.4 is 4.74 Å². The number of hydrogen-bond donors (Lipinski definition) is 1. The average Bonchev–Trinajstić information content (AvgIpc) is 3.19. The van der Waals surface area contributed by atoms with Crippen molar-refractivity contribution in [3.8, 4) is 5.88 Å². The zero-order valence-electron chi connectivity index (χ0n) is 44.0. The highest BCUT2D eigenvalue weighted by molar-refractivity contribution is 5.76. The maximum atomic E-state index is 12.9. The van der Waals surface area contributed by atoms with Crippen molar-refractivity contribution in [3.05, 3.63) is 59.0 Å². The standard InChI is InChI=1S/C9H11F.C8H11NO.C8H14O2.C8H16O2.C7H10F2O.C7H14O2.C6H9F3O/c1-3-8-7(2)5-4-6-9(8)10;1-3-7-4-5-8(10-2)9-6-7;1-6(9)3-7-4-8(5-7)10-2;1-7(2)10-6-4-5-8(3)9;1-5(10)2-6-3-7(8,9)4-6;1-6(8)4-5-7(2,3)9;1-5(10)3-2-4-6(7,8)9/h2*4-6H,3H2,1-2H3;7-8H,3-5H2,1-2H3;7H,4-6H2,1-3H3;6H,2-4H2,1H3;9H,4-5H2,1-3H3;2-4H2,1H3. The highest BCUT2D eigenvalue weighted by Crippen LogP contribution is 2.44. The van der Waals surface area contributed by atoms with E-state index in [2.05, 4.69) is 11.9 Å². The molecule has 0 unspecified atom stereocenters. The van der Waals surface area contributed by atoms with Gasteiger partial charge in [0.15, 0.2) is 0 Å². The molecule has 16 heteroatoms. The predicted molar refractivity (Wildman–Crippen MR) is 260 cm³/mol. The normalized spacial score (nSPS) is 15.5. The highest BCUT2D eigenvalue weighted by atomic mass is 19.4. The van der Waals surface area contributed by atoms with Crippen LogP contribution in [0.1, 0.15) is 176 Å². The van der Waals surface area contributed by atoms with E-state index in [9.17, 15) is 50.3 Å². The molecule has 0 bridgehead atoms. The van der Waals surface area contributed by atoms with Crippen LogP contribution in [0.5, 0.6) is 5.88 Å². The lowest BCUT2D eigenvalue weighted by Crippen LogP contribution is -2.36. The van der Waals surface area contributed by atoms with Crippen molar-refractivity contribution < 1.29 is 69.6 Å². The van der Waals surface area contributed by atoms with Crippen LogP contribution in [-0.4, -0.2) is 89.7 Å². The van der Waals surface area contributed by atoms with Gasteiger partial charge in [0.1, 0.15) is 34.7 Å². The van der Waals surface area contributed by atoms with Gasteiger partial charge >= 0.3 is 6.18 Å². The summed E-state index contributed by atoms with van der Waals surface area (Å²) < 4.78 is 86.5. The van der Waals surface area contributed by atoms with Crippen molar-refractivity contribution in [2.24, 2.45) is 11.8 Å². The first-order valence-corrected chi connectivity index (χ1v) is 23.8. The third-order valence-electron chi connectivity index (χ3n) is 10.2. The summed E-state index contributed by atoms with van der Waals surface area (Å²) in [6, 6.07) is 9.07. The van der Waals surface area contributed by atoms with Gasteiger partial charge in [-0.25, -0.2) is 18.2 Å². The highest BCUT2D eigenvalue weighted by Gasteiger charge is 2.45. The Morgan fingerprint density at radius 1 is 0.768 bits per heavy atom. The van der Waals surface area contributed by atoms with E-state index in [1.54, 1.807) is 48.0 Å². The summed E-state index contributed by atoms with van der Waals surface area (Å²) >= 11 is 0. The number of Topliss-reactive ketones (excluding diaryl/α,β-unsaturated/α-hetero) is 5. The van der Waals surface area contributed by atoms with Gasteiger partial charge < -0.3 is 43.3 Å². The number of hydrogen-bond acceptors (Lipinski definition) is 10. The van der Waals surface area contributed by atoms with Crippen molar-refractivity contribution in [1.29, 1.82) is 0 Å². The molecule has 1 aromatic heterocycles. The number of aliphatic hydroxyl groups is 1. The van der Waals surface area contributed by atoms with Crippen molar-refractivity contribution in [3.63, 3.8) is 0 Å². The summed E-state index contributed by atoms with van der Waals surface area (Å²) in [5.74, 6) is -0.802. The first kappa shape index (κ1) is 69.2. The number of rotatable bonds is 19. The number of aromatic nitrogens is 1. The molecule has 2 aliphatic rings. The number of alkyl halides is 5. The molecule has 4 rings (SSSR count). The largest absolute Gasteiger partial charge is 0.481 e. The van der Waals surface area contributed by atoms with Crippen molar-refractivity contribution in [1.82, 2.24) is 4.98 Å². The number of pyridine rings is 1. The van der Waals surface area contributed by atoms with Crippen LogP contribution in [0.25, 0.3) is 0 Å². The van der Waals surface area contributed by atoms with Crippen LogP contribution >= 0.6 is 0 Å². The molecular formula is C53H85F6NO9. The summed E-state index contributed by atoms with van der Waals surface area (Å²) in [6.45, 7) is 21.6. The molecule has 1 N–H and O–H groups in total. The lowest BCUT2D eigenvalue weighted by molar-refractivity contribution is -0.137. The van der Waals surface area contributed by atoms with Crippen LogP contribution in [0.4, 0.5) is 26.3 Å². The number of aryl methyl sites for hydroxylation is 2. The molecule has 2 saturated carbocycles. The summed E-state index contributed by atoms with van der Waals surface area (Å²) in [5, 5.41) is 9.11. The molecule has 0 saturated heterocycles. The quantitative estimate of drug-likeness (QED) is 0.107. The number of halogens is 6. The lowest BCUT2D eigenvalue weighted by atomic mass is 9.78. The smallest absolute Gasteiger partial charge is 0.389 e. The van der Waals surface area contributed by atoms with Gasteiger partial charge in [0.2, 0.25) is 11.8 Å². The first-order chi connectivity index (χ1) is 31.8. The maximum Gasteiger partial charge on any atom is 0.389 e. The van der Waals surface area contributed by atoms with Gasteiger partial charge in [-0.3, -0.25) is 0 Å². The molecule has 2 fully saturated rings. The van der Waals surface area contributed by atoms with E-state index in [0.717, 1.165) is 49.7 Å². The zero-order valence-corrected chi connectivity index (χ0v) is 44.0. The number of benzene rings is 1. The topological polar surface area (TPSA) is 146 Å². The minimum Gasteiger partial charge on any atom is -0.481 e. The molecule has 0 aliphatic heterocycles. The molecule has 69 heavy (non-hydrogen) atoms. The molecule has 0 spiro atoms. The first-order valence-electron chi connectivity index (χ1n) is 23.8. The van der Waals surface area contributed by atoms with Crippen molar-refractivity contribution >= 4 is 28.9 Å². The maximum absolute atomic E-state index is 12.9. The molecule has 0 radical (unpaired) electrons. The molecular weight excluding hydrogens is 909 g/mol. The Hall–Kier alpha value is -4.02. The number of carbonyl (C=O) groups is 5. The van der Waals surface area contributed by atoms with E-state index in [4.69, 9.17) is 19.3 Å². The van der Waals surface area contributed by atoms with E-state index in [1.807, 2.05) is 52.1 Å². The Kier molecular flexibility index (Phi) is 37.9. The fourth-order valence-electron chi connectivity index (χ4n) is 6.29. The second-order valence-electron chi connectivity index (χ2n) is 18.5. The van der Waals surface area contributed by atoms with Gasteiger partial charge in [0, 0.05) is 77.3 Å². The Balaban J connectivity index is -0.000000737. The summed E-state index contributed by atoms with van der Waals surface area (Å²) in [7, 11) is 3.35. The minimum atomic E-state index is -4.12. The van der Waals surface area contributed by atoms with Crippen LogP contribution in [0.3, 0.4) is 0 Å². The number of carbonyl (C=O) groups excluding carboxylic acids is 5. The van der Waals surface area contributed by atoms with Gasteiger partial charge in [-0.15, -0.1) is 0 Å². The van der Waals surface area contributed by atoms with Crippen molar-refractivity contribution in [2.45, 2.75) is 209 Å². The van der Waals surface area contributed by atoms with E-state index in [1.165, 1.54) is 32.4 Å². The Morgan fingerprint density at radius 3 is 1.62 bits per heavy atom. The summed E-state index contributed by atoms with van der Waals surface area (Å²) in [6.07, 6.45) is 4.91. The van der Waals surface area contributed by atoms with Gasteiger partial charge in [-0.05, 0) is 149 Å². The van der Waals surface area contributed by atoms with Crippen LogP contribution in [-0.2, 0) is 46.3 Å². The Morgan fingerprint density at radius 2 is 1.29 bits per heavy atom. The summed E-state index contributed by atoms with van der Waals surface area (Å²) in [4.78, 5) is 56.0. The molecule has 2 aromatic rings. The number of methoxy groups -OCH3 is 2. The predicted octanol–water partition coefficient (Wildman–Crippen LogP) is 13.0. The number of ketones is 5. The molecule has 10 nitrogen and oxygen atoms in total. The van der Waals surface area contributed by atoms with Gasteiger partial charge in [-0.1, -0.05) is 32.0 Å². The fraction of sp³-hybridized carbons (Fsp3) is 0.698. The lowest BCUT2D eigenvalue weighted by Gasteiger charge is -2.34. The van der Waals surface area contributed by atoms with Gasteiger partial charge in [0.05, 0.1) is 24.9 Å². The minimum absolute atomic E-state index is 0.0144. The third kappa shape index (κ3) is 44.9. The number of nitrogens with zero attached hydrogens (tertiary/aromatic N) is 1. The molecule has 0 atom stereocenters. The monoisotopic (exact) mass is 994 g/mol. The fourth-order valence-corrected chi connectivity index (χ4v) is 6.29. The second kappa shape index (κ2) is 37.8. The molecule has 398 valence electrons. The van der Waals surface area contributed by atoms with E-state index >= 15 is 0 Å².